The lowest BCUT2D eigenvalue weighted by molar-refractivity contribution is 0.0601. The lowest BCUT2D eigenvalue weighted by atomic mass is 9.96. The second-order valence-electron chi connectivity index (χ2n) is 5.32. The molecule has 0 saturated carbocycles. The molecule has 0 amide bonds. The van der Waals surface area contributed by atoms with Gasteiger partial charge in [0.25, 0.3) is 5.56 Å². The van der Waals surface area contributed by atoms with Gasteiger partial charge < -0.3 is 9.72 Å². The summed E-state index contributed by atoms with van der Waals surface area (Å²) >= 11 is 1.12. The first-order valence-electron chi connectivity index (χ1n) is 7.73. The van der Waals surface area contributed by atoms with Crippen molar-refractivity contribution in [3.05, 3.63) is 57.1 Å². The standard InChI is InChI=1S/C17H11N7O3S/c1-27-17(26)10-4-2-3-9(5-10)14-11(6-18)15(25)20-16(12(14)7-19)28-8-13-21-23-24-22-13/h2-5H,8H2,1H3,(H,20,25)(H,21,22,23,24). The zero-order valence-electron chi connectivity index (χ0n) is 14.4. The Kier molecular flexibility index (Phi) is 5.48. The van der Waals surface area contributed by atoms with Crippen molar-refractivity contribution >= 4 is 17.7 Å². The predicted octanol–water partition coefficient (Wildman–Crippen LogP) is 1.38. The van der Waals surface area contributed by atoms with E-state index in [9.17, 15) is 20.1 Å². The van der Waals surface area contributed by atoms with Gasteiger partial charge in [0.15, 0.2) is 5.82 Å². The highest BCUT2D eigenvalue weighted by Gasteiger charge is 2.21. The van der Waals surface area contributed by atoms with Gasteiger partial charge in [0.2, 0.25) is 0 Å². The second kappa shape index (κ2) is 8.16. The number of hydrogen-bond donors (Lipinski definition) is 2. The van der Waals surface area contributed by atoms with Crippen LogP contribution in [0.5, 0.6) is 0 Å². The molecular formula is C17H11N7O3S. The number of esters is 1. The van der Waals surface area contributed by atoms with E-state index >= 15 is 0 Å². The van der Waals surface area contributed by atoms with Crippen LogP contribution in [0.1, 0.15) is 27.3 Å². The average molecular weight is 393 g/mol. The molecule has 0 aliphatic heterocycles. The van der Waals surface area contributed by atoms with Crippen LogP contribution in [0.4, 0.5) is 0 Å². The molecule has 138 valence electrons. The molecule has 0 saturated heterocycles. The highest BCUT2D eigenvalue weighted by molar-refractivity contribution is 7.98. The van der Waals surface area contributed by atoms with Gasteiger partial charge >= 0.3 is 5.97 Å². The summed E-state index contributed by atoms with van der Waals surface area (Å²) < 4.78 is 4.70. The molecule has 0 atom stereocenters. The van der Waals surface area contributed by atoms with E-state index in [1.165, 1.54) is 19.2 Å². The average Bonchev–Trinajstić information content (AvgIpc) is 3.24. The van der Waals surface area contributed by atoms with Gasteiger partial charge in [-0.25, -0.2) is 4.79 Å². The number of H-pyrrole nitrogens is 2. The Morgan fingerprint density at radius 3 is 2.71 bits per heavy atom. The monoisotopic (exact) mass is 393 g/mol. The van der Waals surface area contributed by atoms with Crippen molar-refractivity contribution in [3.8, 4) is 23.3 Å². The summed E-state index contributed by atoms with van der Waals surface area (Å²) in [6, 6.07) is 10.1. The van der Waals surface area contributed by atoms with Gasteiger partial charge in [-0.1, -0.05) is 29.1 Å². The zero-order chi connectivity index (χ0) is 20.1. The van der Waals surface area contributed by atoms with E-state index < -0.39 is 11.5 Å². The van der Waals surface area contributed by atoms with Crippen molar-refractivity contribution in [1.82, 2.24) is 25.6 Å². The van der Waals surface area contributed by atoms with Crippen LogP contribution in [0.2, 0.25) is 0 Å². The summed E-state index contributed by atoms with van der Waals surface area (Å²) in [5, 5.41) is 32.8. The van der Waals surface area contributed by atoms with Crippen LogP contribution in [0.15, 0.2) is 34.1 Å². The number of pyridine rings is 1. The molecule has 3 rings (SSSR count). The molecule has 0 spiro atoms. The van der Waals surface area contributed by atoms with Crippen molar-refractivity contribution in [1.29, 1.82) is 10.5 Å². The van der Waals surface area contributed by atoms with Crippen LogP contribution in [0, 0.1) is 22.7 Å². The Morgan fingerprint density at radius 1 is 1.29 bits per heavy atom. The lowest BCUT2D eigenvalue weighted by Crippen LogP contribution is -2.15. The predicted molar refractivity (Wildman–Crippen MR) is 97.0 cm³/mol. The Morgan fingerprint density at radius 2 is 2.07 bits per heavy atom. The number of nitrogens with zero attached hydrogens (tertiary/aromatic N) is 5. The molecule has 0 fully saturated rings. The minimum absolute atomic E-state index is 0.103. The minimum atomic E-state index is -0.643. The van der Waals surface area contributed by atoms with Crippen LogP contribution < -0.4 is 5.56 Å². The fourth-order valence-corrected chi connectivity index (χ4v) is 3.34. The number of ether oxygens (including phenoxy) is 1. The third-order valence-electron chi connectivity index (χ3n) is 3.71. The van der Waals surface area contributed by atoms with Gasteiger partial charge in [-0.15, -0.1) is 10.2 Å². The van der Waals surface area contributed by atoms with Crippen LogP contribution >= 0.6 is 11.8 Å². The maximum atomic E-state index is 12.4. The van der Waals surface area contributed by atoms with Gasteiger partial charge in [-0.3, -0.25) is 4.79 Å². The van der Waals surface area contributed by atoms with Crippen molar-refractivity contribution < 1.29 is 9.53 Å². The SMILES string of the molecule is COC(=O)c1cccc(-c2c(C#N)c(SCc3nn[nH]n3)[nH]c(=O)c2C#N)c1. The first-order valence-corrected chi connectivity index (χ1v) is 8.72. The van der Waals surface area contributed by atoms with Crippen LogP contribution in [-0.2, 0) is 10.5 Å². The molecule has 0 unspecified atom stereocenters. The first-order chi connectivity index (χ1) is 13.6. The molecule has 28 heavy (non-hydrogen) atoms. The number of thioether (sulfide) groups is 1. The smallest absolute Gasteiger partial charge is 0.337 e. The Labute approximate surface area is 162 Å². The van der Waals surface area contributed by atoms with Gasteiger partial charge in [-0.2, -0.15) is 15.7 Å². The quantitative estimate of drug-likeness (QED) is 0.481. The largest absolute Gasteiger partial charge is 0.465 e. The number of aromatic amines is 2. The molecule has 10 nitrogen and oxygen atoms in total. The number of benzene rings is 1. The van der Waals surface area contributed by atoms with Crippen LogP contribution in [-0.4, -0.2) is 38.7 Å². The van der Waals surface area contributed by atoms with Gasteiger partial charge in [0, 0.05) is 5.56 Å². The number of carbonyl (C=O) groups excluding carboxylic acids is 1. The number of nitriles is 2. The van der Waals surface area contributed by atoms with Gasteiger partial charge in [-0.05, 0) is 17.7 Å². The number of rotatable bonds is 5. The molecule has 0 aliphatic rings. The molecular weight excluding hydrogens is 382 g/mol. The molecule has 2 N–H and O–H groups in total. The van der Waals surface area contributed by atoms with E-state index in [0.717, 1.165) is 11.8 Å². The van der Waals surface area contributed by atoms with E-state index in [4.69, 9.17) is 4.74 Å². The molecule has 0 aliphatic carbocycles. The van der Waals surface area contributed by atoms with Crippen molar-refractivity contribution in [2.24, 2.45) is 0 Å². The molecule has 11 heteroatoms. The number of carbonyl (C=O) groups is 1. The van der Waals surface area contributed by atoms with Gasteiger partial charge in [0.05, 0.1) is 29.0 Å². The molecule has 2 aromatic heterocycles. The third-order valence-corrected chi connectivity index (χ3v) is 4.71. The van der Waals surface area contributed by atoms with Crippen molar-refractivity contribution in [2.45, 2.75) is 10.8 Å². The maximum Gasteiger partial charge on any atom is 0.337 e. The van der Waals surface area contributed by atoms with E-state index in [2.05, 4.69) is 25.6 Å². The molecule has 1 aromatic carbocycles. The topological polar surface area (TPSA) is 161 Å². The summed E-state index contributed by atoms with van der Waals surface area (Å²) in [6.45, 7) is 0. The zero-order valence-corrected chi connectivity index (χ0v) is 15.2. The number of tetrazole rings is 1. The fourth-order valence-electron chi connectivity index (χ4n) is 2.49. The van der Waals surface area contributed by atoms with Crippen LogP contribution in [0.25, 0.3) is 11.1 Å². The minimum Gasteiger partial charge on any atom is -0.465 e. The fraction of sp³-hybridized carbons (Fsp3) is 0.118. The summed E-state index contributed by atoms with van der Waals surface area (Å²) in [7, 11) is 1.25. The van der Waals surface area contributed by atoms with E-state index in [1.807, 2.05) is 12.1 Å². The van der Waals surface area contributed by atoms with E-state index in [1.54, 1.807) is 12.1 Å². The number of hydrogen-bond acceptors (Lipinski definition) is 9. The van der Waals surface area contributed by atoms with E-state index in [-0.39, 0.29) is 33.0 Å². The van der Waals surface area contributed by atoms with Crippen molar-refractivity contribution in [2.75, 3.05) is 7.11 Å². The molecule has 0 bridgehead atoms. The molecule has 2 heterocycles. The summed E-state index contributed by atoms with van der Waals surface area (Å²) in [6.07, 6.45) is 0. The Balaban J connectivity index is 2.16. The lowest BCUT2D eigenvalue weighted by Gasteiger charge is -2.11. The first kappa shape index (κ1) is 18.8. The maximum absolute atomic E-state index is 12.4. The third kappa shape index (κ3) is 3.60. The Hall–Kier alpha value is -3.96. The highest BCUT2D eigenvalue weighted by atomic mass is 32.2. The summed E-state index contributed by atoms with van der Waals surface area (Å²) in [5.41, 5.74) is -0.00240. The number of nitrogens with one attached hydrogen (secondary N) is 2. The van der Waals surface area contributed by atoms with E-state index in [0.29, 0.717) is 11.4 Å². The summed E-state index contributed by atoms with van der Waals surface area (Å²) in [5.74, 6) is 0.0537. The van der Waals surface area contributed by atoms with Crippen molar-refractivity contribution in [3.63, 3.8) is 0 Å². The van der Waals surface area contributed by atoms with Crippen LogP contribution in [0.3, 0.4) is 0 Å². The normalized spacial score (nSPS) is 10.1. The number of aromatic nitrogens is 5. The number of methoxy groups -OCH3 is 1. The summed E-state index contributed by atoms with van der Waals surface area (Å²) in [4.78, 5) is 26.8. The van der Waals surface area contributed by atoms with Gasteiger partial charge in [0.1, 0.15) is 17.7 Å². The Bertz CT molecular complexity index is 1170. The molecule has 0 radical (unpaired) electrons. The second-order valence-corrected chi connectivity index (χ2v) is 6.31. The molecule has 3 aromatic rings. The highest BCUT2D eigenvalue weighted by Crippen LogP contribution is 2.32.